The molecule has 1 heterocycles. The Balaban J connectivity index is 1.82. The van der Waals surface area contributed by atoms with E-state index in [1.54, 1.807) is 72.3 Å². The van der Waals surface area contributed by atoms with Crippen LogP contribution in [0.3, 0.4) is 0 Å². The van der Waals surface area contributed by atoms with E-state index < -0.39 is 75.9 Å². The van der Waals surface area contributed by atoms with E-state index in [9.17, 15) is 32.4 Å². The van der Waals surface area contributed by atoms with Crippen molar-refractivity contribution in [3.8, 4) is 0 Å². The number of nitrogens with one attached hydrogen (secondary N) is 3. The molecule has 0 aromatic heterocycles. The molecule has 3 rings (SSSR count). The number of sulfonamides is 1. The smallest absolute Gasteiger partial charge is 0.256 e. The van der Waals surface area contributed by atoms with E-state index in [0.717, 1.165) is 0 Å². The first-order valence-electron chi connectivity index (χ1n) is 22.4. The summed E-state index contributed by atoms with van der Waals surface area (Å²) < 4.78 is 40.4. The summed E-state index contributed by atoms with van der Waals surface area (Å²) in [6.07, 6.45) is 0.346. The number of carbonyl (C=O) groups is 5. The number of rotatable bonds is 24. The van der Waals surface area contributed by atoms with Gasteiger partial charge in [0.05, 0.1) is 48.4 Å². The molecule has 16 nitrogen and oxygen atoms in total. The summed E-state index contributed by atoms with van der Waals surface area (Å²) in [7, 11) is 4.20. The number of hydrogen-bond acceptors (Lipinski definition) is 11. The van der Waals surface area contributed by atoms with E-state index in [0.29, 0.717) is 42.6 Å². The molecule has 0 spiro atoms. The van der Waals surface area contributed by atoms with Crippen LogP contribution >= 0.6 is 0 Å². The van der Waals surface area contributed by atoms with Crippen LogP contribution in [-0.4, -0.2) is 137 Å². The normalized spacial score (nSPS) is 18.1. The van der Waals surface area contributed by atoms with Gasteiger partial charge in [-0.05, 0) is 68.0 Å². The highest BCUT2D eigenvalue weighted by Crippen LogP contribution is 2.30. The second-order valence-corrected chi connectivity index (χ2v) is 19.9. The van der Waals surface area contributed by atoms with Crippen LogP contribution in [0.5, 0.6) is 0 Å². The van der Waals surface area contributed by atoms with Gasteiger partial charge in [0.2, 0.25) is 33.7 Å². The highest BCUT2D eigenvalue weighted by molar-refractivity contribution is 7.89. The summed E-state index contributed by atoms with van der Waals surface area (Å²) in [5.41, 5.74) is 7.35. The Labute approximate surface area is 381 Å². The summed E-state index contributed by atoms with van der Waals surface area (Å²) in [5, 5.41) is 5.81. The lowest BCUT2D eigenvalue weighted by atomic mass is 9.89. The van der Waals surface area contributed by atoms with Crippen LogP contribution in [0.1, 0.15) is 85.3 Å². The molecular formula is C47H75N7O9S. The van der Waals surface area contributed by atoms with Gasteiger partial charge in [0.25, 0.3) is 5.91 Å². The minimum absolute atomic E-state index is 0.0121. The Bertz CT molecular complexity index is 1940. The van der Waals surface area contributed by atoms with Crippen LogP contribution in [0.2, 0.25) is 0 Å². The third kappa shape index (κ3) is 14.7. The number of nitrogen functional groups attached to an aromatic ring is 1. The molecule has 0 radical (unpaired) electrons. The number of amides is 5. The molecule has 358 valence electrons. The molecule has 1 aliphatic heterocycles. The van der Waals surface area contributed by atoms with Crippen LogP contribution in [0.4, 0.5) is 5.69 Å². The number of ether oxygens (including phenoxy) is 2. The fourth-order valence-corrected chi connectivity index (χ4v) is 10.0. The van der Waals surface area contributed by atoms with Gasteiger partial charge in [0, 0.05) is 39.9 Å². The monoisotopic (exact) mass is 914 g/mol. The van der Waals surface area contributed by atoms with Crippen molar-refractivity contribution in [1.82, 2.24) is 30.1 Å². The number of nitrogens with two attached hydrogens (primary N) is 1. The fraction of sp³-hybridized carbons (Fsp3) is 0.638. The van der Waals surface area contributed by atoms with Crippen molar-refractivity contribution >= 4 is 45.2 Å². The predicted octanol–water partition coefficient (Wildman–Crippen LogP) is 3.59. The highest BCUT2D eigenvalue weighted by atomic mass is 32.2. The van der Waals surface area contributed by atoms with Gasteiger partial charge in [0.1, 0.15) is 12.1 Å². The van der Waals surface area contributed by atoms with Crippen LogP contribution in [-0.2, 0) is 55.6 Å². The molecule has 0 aliphatic carbocycles. The lowest BCUT2D eigenvalue weighted by Crippen LogP contribution is -2.59. The third-order valence-electron chi connectivity index (χ3n) is 12.5. The number of likely N-dealkylation sites (tertiary alicyclic amines) is 1. The molecule has 5 amide bonds. The van der Waals surface area contributed by atoms with Gasteiger partial charge in [-0.2, -0.15) is 0 Å². The van der Waals surface area contributed by atoms with Crippen molar-refractivity contribution in [2.45, 2.75) is 129 Å². The maximum atomic E-state index is 14.4. The van der Waals surface area contributed by atoms with E-state index >= 15 is 0 Å². The number of hydrogen-bond donors (Lipinski definition) is 4. The Morgan fingerprint density at radius 3 is 1.98 bits per heavy atom. The van der Waals surface area contributed by atoms with Gasteiger partial charge in [0.15, 0.2) is 0 Å². The van der Waals surface area contributed by atoms with Crippen molar-refractivity contribution < 1.29 is 41.9 Å². The lowest BCUT2D eigenvalue weighted by Gasteiger charge is -2.41. The molecule has 1 saturated heterocycles. The Morgan fingerprint density at radius 2 is 1.45 bits per heavy atom. The van der Waals surface area contributed by atoms with E-state index in [2.05, 4.69) is 15.4 Å². The molecule has 1 fully saturated rings. The molecule has 5 N–H and O–H groups in total. The number of methoxy groups -OCH3 is 2. The maximum absolute atomic E-state index is 14.4. The summed E-state index contributed by atoms with van der Waals surface area (Å²) >= 11 is 0. The van der Waals surface area contributed by atoms with E-state index in [1.807, 2.05) is 66.6 Å². The van der Waals surface area contributed by atoms with Gasteiger partial charge in [-0.15, -0.1) is 0 Å². The number of nitrogens with zero attached hydrogens (tertiary/aromatic N) is 3. The molecule has 0 saturated carbocycles. The van der Waals surface area contributed by atoms with E-state index in [1.165, 1.54) is 14.2 Å². The van der Waals surface area contributed by atoms with Crippen molar-refractivity contribution in [2.24, 2.45) is 23.7 Å². The van der Waals surface area contributed by atoms with Crippen LogP contribution in [0.25, 0.3) is 0 Å². The number of benzene rings is 2. The quantitative estimate of drug-likeness (QED) is 0.112. The van der Waals surface area contributed by atoms with Gasteiger partial charge >= 0.3 is 0 Å². The van der Waals surface area contributed by atoms with Crippen molar-refractivity contribution in [3.63, 3.8) is 0 Å². The van der Waals surface area contributed by atoms with Crippen molar-refractivity contribution in [1.29, 1.82) is 0 Å². The molecule has 17 heteroatoms. The second kappa shape index (κ2) is 24.6. The largest absolute Gasteiger partial charge is 0.399 e. The summed E-state index contributed by atoms with van der Waals surface area (Å²) in [6, 6.07) is 11.7. The second-order valence-electron chi connectivity index (χ2n) is 18.2. The summed E-state index contributed by atoms with van der Waals surface area (Å²) in [4.78, 5) is 75.2. The minimum atomic E-state index is -4.16. The fourth-order valence-electron chi connectivity index (χ4n) is 8.87. The average molecular weight is 914 g/mol. The number of carbonyl (C=O) groups excluding carboxylic acids is 5. The van der Waals surface area contributed by atoms with E-state index in [4.69, 9.17) is 15.2 Å². The molecule has 2 aromatic carbocycles. The Morgan fingerprint density at radius 1 is 0.828 bits per heavy atom. The maximum Gasteiger partial charge on any atom is 0.256 e. The zero-order chi connectivity index (χ0) is 48.1. The minimum Gasteiger partial charge on any atom is -0.399 e. The Kier molecular flexibility index (Phi) is 20.7. The molecule has 9 atom stereocenters. The highest BCUT2D eigenvalue weighted by Gasteiger charge is 2.43. The van der Waals surface area contributed by atoms with Gasteiger partial charge in [-0.1, -0.05) is 97.4 Å². The number of likely N-dealkylation sites (N-methyl/N-ethyl adjacent to an activating group) is 2. The predicted molar refractivity (Wildman–Crippen MR) is 249 cm³/mol. The van der Waals surface area contributed by atoms with E-state index in [-0.39, 0.29) is 48.3 Å². The van der Waals surface area contributed by atoms with Crippen LogP contribution in [0, 0.1) is 23.7 Å². The Hall–Kier alpha value is -4.58. The van der Waals surface area contributed by atoms with Gasteiger partial charge in [-0.25, -0.2) is 8.42 Å². The molecule has 0 bridgehead atoms. The standard InChI is InChI=1S/C47H75N7O9S/c1-13-31(6)42(53(10)47(59)40(29(2)3)50-46(58)41(30(4)5)52(8)9)38(62-11)27-39(55)54-25-17-20-37(54)43(63-12)32(7)44(56)49-36(26-33-18-15-14-16-19-33)45(57)51-64(60,61)28-34-21-23-35(48)24-22-34/h14-16,18-19,21-24,29-32,36-38,40-43H,13,17,20,25-28,48H2,1-12H3,(H,49,56)(H,50,58)(H,51,57)/t31-,32+,36-,37-,38-,40-,41-,42-,43+/m0/s1. The summed E-state index contributed by atoms with van der Waals surface area (Å²) in [5.74, 6) is -3.83. The molecule has 1 aliphatic rings. The summed E-state index contributed by atoms with van der Waals surface area (Å²) in [6.45, 7) is 13.8. The topological polar surface area (TPSA) is 210 Å². The molecular weight excluding hydrogens is 839 g/mol. The first kappa shape index (κ1) is 53.8. The zero-order valence-corrected chi connectivity index (χ0v) is 40.8. The van der Waals surface area contributed by atoms with Crippen molar-refractivity contribution in [2.75, 3.05) is 47.6 Å². The average Bonchev–Trinajstić information content (AvgIpc) is 3.72. The molecule has 2 aromatic rings. The first-order chi connectivity index (χ1) is 30.1. The third-order valence-corrected chi connectivity index (χ3v) is 13.7. The first-order valence-corrected chi connectivity index (χ1v) is 24.0. The zero-order valence-electron chi connectivity index (χ0n) is 40.0. The molecule has 0 unspecified atom stereocenters. The molecule has 64 heavy (non-hydrogen) atoms. The van der Waals surface area contributed by atoms with Gasteiger partial charge < -0.3 is 35.6 Å². The van der Waals surface area contributed by atoms with Crippen LogP contribution in [0.15, 0.2) is 54.6 Å². The number of anilines is 1. The van der Waals surface area contributed by atoms with Crippen molar-refractivity contribution in [3.05, 3.63) is 65.7 Å². The lowest BCUT2D eigenvalue weighted by molar-refractivity contribution is -0.148. The van der Waals surface area contributed by atoms with Crippen LogP contribution < -0.4 is 21.1 Å². The SMILES string of the molecule is CC[C@H](C)[C@@H]([C@H](CC(=O)N1CCC[C@H]1[C@H](OC)[C@@H](C)C(=O)N[C@@H](Cc1ccccc1)C(=O)NS(=O)(=O)Cc1ccc(N)cc1)OC)N(C)C(=O)[C@@H](NC(=O)[C@H](C(C)C)N(C)C)C(C)C. The van der Waals surface area contributed by atoms with Gasteiger partial charge in [-0.3, -0.25) is 33.6 Å².